The van der Waals surface area contributed by atoms with Gasteiger partial charge < -0.3 is 18.9 Å². The summed E-state index contributed by atoms with van der Waals surface area (Å²) in [6.07, 6.45) is 95.4. The van der Waals surface area contributed by atoms with Gasteiger partial charge in [0.15, 0.2) is 6.10 Å². The summed E-state index contributed by atoms with van der Waals surface area (Å²) in [6.45, 7) is 4.33. The number of unbranched alkanes of at least 4 members (excludes halogenated alkanes) is 38. The molecule has 0 aromatic carbocycles. The monoisotopic (exact) mass is 1250 g/mol. The van der Waals surface area contributed by atoms with Crippen LogP contribution in [0, 0.1) is 0 Å². The second-order valence-electron chi connectivity index (χ2n) is 26.0. The number of nitrogens with zero attached hydrogens (tertiary/aromatic N) is 1. The molecular weight excluding hydrogens is 1110 g/mol. The molecule has 0 saturated heterocycles. The molecule has 0 radical (unpaired) electrons. The van der Waals surface area contributed by atoms with Gasteiger partial charge in [0.25, 0.3) is 0 Å². The predicted octanol–water partition coefficient (Wildman–Crippen LogP) is 24.3. The average molecular weight is 1250 g/mol. The minimum absolute atomic E-state index is 0.0229. The van der Waals surface area contributed by atoms with Crippen molar-refractivity contribution in [3.8, 4) is 0 Å². The zero-order chi connectivity index (χ0) is 64.1. The lowest BCUT2D eigenvalue weighted by atomic mass is 10.0. The SMILES string of the molecule is CC/C=C\C/C=C\C/C=C\C/C=C\C/C=C\C/C=C\C/C=C\C/C=C\CCCCCCC(=O)OC(COC(=O)CCCCCCCCCCCCCCCCCCCCCCCCCCCCCCCCCCCCC)COP(=O)(O)OCC[N+](C)(C)C. The van der Waals surface area contributed by atoms with Crippen LogP contribution in [0.1, 0.15) is 335 Å². The molecule has 0 aliphatic heterocycles. The van der Waals surface area contributed by atoms with E-state index in [2.05, 4.69) is 111 Å². The zero-order valence-electron chi connectivity index (χ0n) is 58.2. The summed E-state index contributed by atoms with van der Waals surface area (Å²) in [5.74, 6) is -0.819. The molecule has 0 aliphatic rings. The lowest BCUT2D eigenvalue weighted by molar-refractivity contribution is -0.870. The van der Waals surface area contributed by atoms with Gasteiger partial charge in [-0.05, 0) is 77.0 Å². The average Bonchev–Trinajstić information content (AvgIpc) is 3.68. The zero-order valence-corrected chi connectivity index (χ0v) is 59.1. The van der Waals surface area contributed by atoms with Crippen LogP contribution in [0.3, 0.4) is 0 Å². The topological polar surface area (TPSA) is 108 Å². The molecule has 0 aliphatic carbocycles. The number of rotatable bonds is 68. The van der Waals surface area contributed by atoms with Crippen LogP contribution in [0.25, 0.3) is 0 Å². The smallest absolute Gasteiger partial charge is 0.462 e. The molecule has 0 aromatic rings. The Balaban J connectivity index is 4.04. The normalized spacial score (nSPS) is 13.7. The molecule has 2 unspecified atom stereocenters. The molecule has 0 saturated carbocycles. The molecule has 88 heavy (non-hydrogen) atoms. The van der Waals surface area contributed by atoms with Crippen LogP contribution >= 0.6 is 7.82 Å². The Bertz CT molecular complexity index is 1810. The highest BCUT2D eigenvalue weighted by Gasteiger charge is 2.27. The summed E-state index contributed by atoms with van der Waals surface area (Å²) in [5.41, 5.74) is 0. The summed E-state index contributed by atoms with van der Waals surface area (Å²) in [5, 5.41) is 0. The molecule has 1 N–H and O–H groups in total. The Hall–Kier alpha value is -3.07. The lowest BCUT2D eigenvalue weighted by Crippen LogP contribution is -2.37. The maximum atomic E-state index is 12.9. The number of allylic oxidation sites excluding steroid dienone is 16. The summed E-state index contributed by atoms with van der Waals surface area (Å²) >= 11 is 0. The van der Waals surface area contributed by atoms with Gasteiger partial charge >= 0.3 is 19.8 Å². The number of likely N-dealkylation sites (N-methyl/N-ethyl adjacent to an activating group) is 1. The Labute approximate surface area is 544 Å². The van der Waals surface area contributed by atoms with Crippen LogP contribution in [-0.4, -0.2) is 74.9 Å². The van der Waals surface area contributed by atoms with Crippen LogP contribution in [0.2, 0.25) is 0 Å². The Morgan fingerprint density at radius 1 is 0.364 bits per heavy atom. The number of carbonyl (C=O) groups excluding carboxylic acids is 2. The van der Waals surface area contributed by atoms with Gasteiger partial charge in [0.2, 0.25) is 0 Å². The second-order valence-corrected chi connectivity index (χ2v) is 27.4. The van der Waals surface area contributed by atoms with Crippen LogP contribution in [-0.2, 0) is 32.7 Å². The number of hydrogen-bond donors (Lipinski definition) is 1. The number of phosphoric acid groups is 1. The van der Waals surface area contributed by atoms with Crippen molar-refractivity contribution in [2.45, 2.75) is 341 Å². The number of ether oxygens (including phenoxy) is 2. The van der Waals surface area contributed by atoms with Gasteiger partial charge in [-0.1, -0.05) is 342 Å². The first-order valence-electron chi connectivity index (χ1n) is 37.0. The van der Waals surface area contributed by atoms with Gasteiger partial charge in [-0.2, -0.15) is 0 Å². The van der Waals surface area contributed by atoms with Crippen molar-refractivity contribution in [3.63, 3.8) is 0 Å². The number of hydrogen-bond acceptors (Lipinski definition) is 7. The van der Waals surface area contributed by atoms with E-state index in [1.807, 2.05) is 21.1 Å². The molecule has 0 rings (SSSR count). The van der Waals surface area contributed by atoms with E-state index < -0.39 is 26.5 Å². The number of phosphoric ester groups is 1. The van der Waals surface area contributed by atoms with Crippen molar-refractivity contribution in [1.29, 1.82) is 0 Å². The number of esters is 2. The quantitative estimate of drug-likeness (QED) is 0.0211. The van der Waals surface area contributed by atoms with E-state index in [0.29, 0.717) is 17.4 Å². The van der Waals surface area contributed by atoms with E-state index in [9.17, 15) is 19.0 Å². The molecule has 510 valence electrons. The van der Waals surface area contributed by atoms with Crippen LogP contribution in [0.15, 0.2) is 97.2 Å². The van der Waals surface area contributed by atoms with Gasteiger partial charge in [0.1, 0.15) is 19.8 Å². The lowest BCUT2D eigenvalue weighted by Gasteiger charge is -2.24. The third-order valence-corrected chi connectivity index (χ3v) is 17.1. The van der Waals surface area contributed by atoms with Crippen molar-refractivity contribution in [1.82, 2.24) is 0 Å². The first kappa shape index (κ1) is 84.9. The van der Waals surface area contributed by atoms with Crippen molar-refractivity contribution in [2.75, 3.05) is 47.5 Å². The van der Waals surface area contributed by atoms with E-state index >= 15 is 0 Å². The van der Waals surface area contributed by atoms with Crippen LogP contribution < -0.4 is 0 Å². The fourth-order valence-electron chi connectivity index (χ4n) is 10.5. The molecule has 2 atom stereocenters. The summed E-state index contributed by atoms with van der Waals surface area (Å²) in [7, 11) is 1.46. The van der Waals surface area contributed by atoms with E-state index in [4.69, 9.17) is 18.5 Å². The number of quaternary nitrogens is 1. The van der Waals surface area contributed by atoms with Crippen molar-refractivity contribution in [3.05, 3.63) is 97.2 Å². The third kappa shape index (κ3) is 72.0. The molecule has 0 fully saturated rings. The molecule has 0 spiro atoms. The largest absolute Gasteiger partial charge is 0.472 e. The summed E-state index contributed by atoms with van der Waals surface area (Å²) in [6, 6.07) is 0. The van der Waals surface area contributed by atoms with Crippen molar-refractivity contribution < 1.29 is 42.1 Å². The van der Waals surface area contributed by atoms with Crippen LogP contribution in [0.5, 0.6) is 0 Å². The summed E-state index contributed by atoms with van der Waals surface area (Å²) < 4.78 is 34.7. The van der Waals surface area contributed by atoms with E-state index in [1.165, 1.54) is 205 Å². The first-order valence-corrected chi connectivity index (χ1v) is 38.5. The van der Waals surface area contributed by atoms with Gasteiger partial charge in [0, 0.05) is 12.8 Å². The molecule has 9 nitrogen and oxygen atoms in total. The summed E-state index contributed by atoms with van der Waals surface area (Å²) in [4.78, 5) is 35.9. The fourth-order valence-corrected chi connectivity index (χ4v) is 11.2. The maximum absolute atomic E-state index is 12.9. The van der Waals surface area contributed by atoms with Gasteiger partial charge in [-0.15, -0.1) is 0 Å². The molecule has 0 aromatic heterocycles. The third-order valence-electron chi connectivity index (χ3n) is 16.1. The Morgan fingerprint density at radius 2 is 0.648 bits per heavy atom. The molecule has 0 heterocycles. The minimum Gasteiger partial charge on any atom is -0.462 e. The van der Waals surface area contributed by atoms with Gasteiger partial charge in [-0.3, -0.25) is 18.6 Å². The standard InChI is InChI=1S/C78H140NO8P/c1-6-8-10-12-14-16-18-20-22-24-26-28-30-32-34-36-37-38-39-40-41-43-44-46-48-50-52-54-56-58-60-62-64-66-68-70-77(80)84-74-76(75-86-88(82,83)85-73-72-79(3,4)5)87-78(81)71-69-67-65-63-61-59-57-55-53-51-49-47-45-42-35-33-31-29-27-25-23-21-19-17-15-13-11-9-7-2/h9,11,15,17,21,23,27,29,33,35,45,47,51,53,57,59,76H,6-8,10,12-14,16,18-20,22,24-26,28,30-32,34,36-44,46,48-50,52,54-56,58,60-75H2,1-5H3/p+1/b11-9-,17-15-,23-21-,29-27-,35-33-,47-45-,53-51-,59-57-. The number of carbonyl (C=O) groups is 2. The molecular formula is C78H141NO8P+. The predicted molar refractivity (Wildman–Crippen MR) is 381 cm³/mol. The van der Waals surface area contributed by atoms with E-state index in [0.717, 1.165) is 96.3 Å². The van der Waals surface area contributed by atoms with Gasteiger partial charge in [0.05, 0.1) is 27.7 Å². The molecule has 0 bridgehead atoms. The van der Waals surface area contributed by atoms with Crippen LogP contribution in [0.4, 0.5) is 0 Å². The Kier molecular flexibility index (Phi) is 65.9. The van der Waals surface area contributed by atoms with E-state index in [-0.39, 0.29) is 32.0 Å². The Morgan fingerprint density at radius 3 is 0.966 bits per heavy atom. The fraction of sp³-hybridized carbons (Fsp3) is 0.769. The van der Waals surface area contributed by atoms with Crippen molar-refractivity contribution >= 4 is 19.8 Å². The highest BCUT2D eigenvalue weighted by Crippen LogP contribution is 2.43. The van der Waals surface area contributed by atoms with Crippen molar-refractivity contribution in [2.24, 2.45) is 0 Å². The second kappa shape index (κ2) is 68.3. The first-order chi connectivity index (χ1) is 43.0. The minimum atomic E-state index is -4.41. The van der Waals surface area contributed by atoms with Gasteiger partial charge in [-0.25, -0.2) is 4.57 Å². The highest BCUT2D eigenvalue weighted by atomic mass is 31.2. The molecule has 10 heteroatoms. The maximum Gasteiger partial charge on any atom is 0.472 e. The van der Waals surface area contributed by atoms with E-state index in [1.54, 1.807) is 0 Å². The molecule has 0 amide bonds. The highest BCUT2D eigenvalue weighted by molar-refractivity contribution is 7.47.